The number of terminal acetylenes is 1. The summed E-state index contributed by atoms with van der Waals surface area (Å²) in [4.78, 5) is 0. The highest BCUT2D eigenvalue weighted by molar-refractivity contribution is 4.82. The molecule has 55 heavy (non-hydrogen) atoms. The SMILES string of the molecule is C#CCOCCOCCOCCOCCOCCOCCOCCOCCOCCOCCOCCOCCOCCCCCCCCCCCCCCC. The summed E-state index contributed by atoms with van der Waals surface area (Å²) in [5.41, 5.74) is 0. The second kappa shape index (κ2) is 53.0. The highest BCUT2D eigenvalue weighted by Crippen LogP contribution is 2.12. The molecule has 13 heteroatoms. The van der Waals surface area contributed by atoms with Crippen LogP contribution >= 0.6 is 0 Å². The minimum absolute atomic E-state index is 0.308. The highest BCUT2D eigenvalue weighted by Gasteiger charge is 1.98. The van der Waals surface area contributed by atoms with Gasteiger partial charge in [-0.05, 0) is 6.42 Å². The third-order valence-corrected chi connectivity index (χ3v) is 8.04. The summed E-state index contributed by atoms with van der Waals surface area (Å²) in [6, 6.07) is 0. The molecule has 13 nitrogen and oxygen atoms in total. The Morgan fingerprint density at radius 3 is 0.636 bits per heavy atom. The molecule has 0 aliphatic rings. The number of rotatable bonds is 51. The van der Waals surface area contributed by atoms with Gasteiger partial charge in [-0.15, -0.1) is 6.42 Å². The van der Waals surface area contributed by atoms with Gasteiger partial charge in [0.05, 0.1) is 159 Å². The summed E-state index contributed by atoms with van der Waals surface area (Å²) < 4.78 is 71.1. The molecular formula is C42H82O13. The van der Waals surface area contributed by atoms with E-state index in [0.29, 0.717) is 165 Å². The van der Waals surface area contributed by atoms with Crippen LogP contribution in [0.5, 0.6) is 0 Å². The number of unbranched alkanes of at least 4 members (excludes halogenated alkanes) is 12. The number of ether oxygens (including phenoxy) is 13. The van der Waals surface area contributed by atoms with Crippen molar-refractivity contribution in [1.82, 2.24) is 0 Å². The van der Waals surface area contributed by atoms with Crippen LogP contribution in [0.2, 0.25) is 0 Å². The number of hydrogen-bond donors (Lipinski definition) is 0. The van der Waals surface area contributed by atoms with Crippen molar-refractivity contribution < 1.29 is 61.6 Å². The van der Waals surface area contributed by atoms with Gasteiger partial charge in [0.1, 0.15) is 6.61 Å². The van der Waals surface area contributed by atoms with E-state index in [-0.39, 0.29) is 0 Å². The minimum Gasteiger partial charge on any atom is -0.379 e. The van der Waals surface area contributed by atoms with Crippen LogP contribution in [-0.2, 0) is 61.6 Å². The lowest BCUT2D eigenvalue weighted by Gasteiger charge is -2.09. The fraction of sp³-hybridized carbons (Fsp3) is 0.952. The van der Waals surface area contributed by atoms with Gasteiger partial charge in [0.15, 0.2) is 0 Å². The molecule has 0 aliphatic carbocycles. The van der Waals surface area contributed by atoms with Crippen molar-refractivity contribution in [3.8, 4) is 12.3 Å². The van der Waals surface area contributed by atoms with E-state index in [0.717, 1.165) is 13.0 Å². The predicted molar refractivity (Wildman–Crippen MR) is 215 cm³/mol. The summed E-state index contributed by atoms with van der Waals surface area (Å²) in [7, 11) is 0. The fourth-order valence-corrected chi connectivity index (χ4v) is 4.99. The Labute approximate surface area is 335 Å². The van der Waals surface area contributed by atoms with E-state index in [1.807, 2.05) is 0 Å². The standard InChI is InChI=1S/C42H82O13/c1-3-5-6-7-8-9-10-11-12-13-14-15-16-18-44-20-22-46-24-26-48-28-30-50-32-34-52-36-38-54-40-42-55-41-39-53-37-35-51-33-31-49-29-27-47-25-23-45-21-19-43-17-4-2/h2H,3,5-42H2,1H3. The first-order valence-electron chi connectivity index (χ1n) is 21.4. The smallest absolute Gasteiger partial charge is 0.107 e. The molecule has 0 spiro atoms. The molecule has 0 rings (SSSR count). The van der Waals surface area contributed by atoms with Crippen molar-refractivity contribution in [3.63, 3.8) is 0 Å². The summed E-state index contributed by atoms with van der Waals surface area (Å²) in [6.45, 7) is 16.1. The van der Waals surface area contributed by atoms with Crippen LogP contribution in [0.15, 0.2) is 0 Å². The Balaban J connectivity index is 3.05. The van der Waals surface area contributed by atoms with Gasteiger partial charge in [0.25, 0.3) is 0 Å². The van der Waals surface area contributed by atoms with Crippen molar-refractivity contribution >= 4 is 0 Å². The summed E-state index contributed by atoms with van der Waals surface area (Å²) in [6.07, 6.45) is 22.9. The molecule has 328 valence electrons. The monoisotopic (exact) mass is 795 g/mol. The Kier molecular flexibility index (Phi) is 52.1. The first kappa shape index (κ1) is 54.0. The van der Waals surface area contributed by atoms with Gasteiger partial charge < -0.3 is 61.6 Å². The Bertz CT molecular complexity index is 713. The van der Waals surface area contributed by atoms with Crippen LogP contribution in [0.25, 0.3) is 0 Å². The van der Waals surface area contributed by atoms with Crippen LogP contribution in [0, 0.1) is 12.3 Å². The average molecular weight is 795 g/mol. The van der Waals surface area contributed by atoms with Crippen molar-refractivity contribution in [2.75, 3.05) is 172 Å². The maximum Gasteiger partial charge on any atom is 0.107 e. The average Bonchev–Trinajstić information content (AvgIpc) is 3.20. The van der Waals surface area contributed by atoms with Crippen molar-refractivity contribution in [2.24, 2.45) is 0 Å². The summed E-state index contributed by atoms with van der Waals surface area (Å²) in [5, 5.41) is 0. The van der Waals surface area contributed by atoms with Crippen molar-refractivity contribution in [3.05, 3.63) is 0 Å². The van der Waals surface area contributed by atoms with Gasteiger partial charge in [-0.2, -0.15) is 0 Å². The molecule has 0 heterocycles. The number of hydrogen-bond acceptors (Lipinski definition) is 13. The molecule has 0 fully saturated rings. The van der Waals surface area contributed by atoms with E-state index in [2.05, 4.69) is 12.8 Å². The zero-order valence-electron chi connectivity index (χ0n) is 35.0. The maximum atomic E-state index is 5.68. The van der Waals surface area contributed by atoms with Crippen molar-refractivity contribution in [1.29, 1.82) is 0 Å². The zero-order chi connectivity index (χ0) is 39.5. The first-order chi connectivity index (χ1) is 27.4. The lowest BCUT2D eigenvalue weighted by molar-refractivity contribution is -0.0289. The minimum atomic E-state index is 0.308. The molecule has 0 radical (unpaired) electrons. The molecule has 0 saturated heterocycles. The third-order valence-electron chi connectivity index (χ3n) is 8.04. The molecule has 0 aromatic rings. The maximum absolute atomic E-state index is 5.68. The molecule has 0 N–H and O–H groups in total. The van der Waals surface area contributed by atoms with E-state index < -0.39 is 0 Å². The normalized spacial score (nSPS) is 11.5. The summed E-state index contributed by atoms with van der Waals surface area (Å²) in [5.74, 6) is 2.40. The van der Waals surface area contributed by atoms with E-state index >= 15 is 0 Å². The van der Waals surface area contributed by atoms with Gasteiger partial charge in [-0.1, -0.05) is 89.9 Å². The van der Waals surface area contributed by atoms with Crippen LogP contribution in [0.1, 0.15) is 90.4 Å². The van der Waals surface area contributed by atoms with Crippen LogP contribution in [0.4, 0.5) is 0 Å². The Hall–Kier alpha value is -0.960. The summed E-state index contributed by atoms with van der Waals surface area (Å²) >= 11 is 0. The predicted octanol–water partition coefficient (Wildman–Crippen LogP) is 5.93. The Morgan fingerprint density at radius 2 is 0.418 bits per heavy atom. The van der Waals surface area contributed by atoms with E-state index in [9.17, 15) is 0 Å². The molecule has 0 aromatic carbocycles. The molecular weight excluding hydrogens is 712 g/mol. The van der Waals surface area contributed by atoms with Gasteiger partial charge in [0, 0.05) is 6.61 Å². The van der Waals surface area contributed by atoms with Gasteiger partial charge in [0.2, 0.25) is 0 Å². The molecule has 0 bridgehead atoms. The van der Waals surface area contributed by atoms with E-state index in [1.165, 1.54) is 77.0 Å². The van der Waals surface area contributed by atoms with Crippen LogP contribution in [-0.4, -0.2) is 172 Å². The Morgan fingerprint density at radius 1 is 0.236 bits per heavy atom. The second-order valence-corrected chi connectivity index (χ2v) is 12.8. The molecule has 0 saturated carbocycles. The fourth-order valence-electron chi connectivity index (χ4n) is 4.99. The third kappa shape index (κ3) is 53.0. The molecule has 0 atom stereocenters. The molecule has 0 aliphatic heterocycles. The lowest BCUT2D eigenvalue weighted by atomic mass is 10.0. The highest BCUT2D eigenvalue weighted by atomic mass is 16.6. The first-order valence-corrected chi connectivity index (χ1v) is 21.4. The largest absolute Gasteiger partial charge is 0.379 e. The van der Waals surface area contributed by atoms with Crippen LogP contribution in [0.3, 0.4) is 0 Å². The molecule has 0 aromatic heterocycles. The molecule has 0 amide bonds. The van der Waals surface area contributed by atoms with Gasteiger partial charge in [-0.3, -0.25) is 0 Å². The van der Waals surface area contributed by atoms with Crippen molar-refractivity contribution in [2.45, 2.75) is 90.4 Å². The van der Waals surface area contributed by atoms with Gasteiger partial charge in [-0.25, -0.2) is 0 Å². The zero-order valence-corrected chi connectivity index (χ0v) is 35.0. The van der Waals surface area contributed by atoms with E-state index in [1.54, 1.807) is 0 Å². The second-order valence-electron chi connectivity index (χ2n) is 12.8. The topological polar surface area (TPSA) is 120 Å². The molecule has 0 unspecified atom stereocenters. The lowest BCUT2D eigenvalue weighted by Crippen LogP contribution is -2.15. The van der Waals surface area contributed by atoms with Gasteiger partial charge >= 0.3 is 0 Å². The van der Waals surface area contributed by atoms with E-state index in [4.69, 9.17) is 68.0 Å². The quantitative estimate of drug-likeness (QED) is 0.0536. The van der Waals surface area contributed by atoms with Crippen LogP contribution < -0.4 is 0 Å².